The van der Waals surface area contributed by atoms with Gasteiger partial charge in [-0.05, 0) is 19.4 Å². The van der Waals surface area contributed by atoms with Crippen molar-refractivity contribution in [1.29, 1.82) is 0 Å². The SMILES string of the molecule is CCC(CO)NCc1cc(C(=O)O)oc1C. The van der Waals surface area contributed by atoms with Crippen LogP contribution in [0.15, 0.2) is 10.5 Å². The zero-order valence-corrected chi connectivity index (χ0v) is 9.49. The average Bonchev–Trinajstić information content (AvgIpc) is 2.62. The van der Waals surface area contributed by atoms with Crippen LogP contribution in [0.1, 0.15) is 35.2 Å². The third-order valence-electron chi connectivity index (χ3n) is 2.53. The van der Waals surface area contributed by atoms with E-state index in [1.807, 2.05) is 6.92 Å². The quantitative estimate of drug-likeness (QED) is 0.679. The number of hydrogen-bond acceptors (Lipinski definition) is 4. The van der Waals surface area contributed by atoms with Crippen molar-refractivity contribution in [1.82, 2.24) is 5.32 Å². The fourth-order valence-corrected chi connectivity index (χ4v) is 1.39. The number of aliphatic hydroxyl groups is 1. The first-order valence-electron chi connectivity index (χ1n) is 5.25. The van der Waals surface area contributed by atoms with Crippen LogP contribution in [0.25, 0.3) is 0 Å². The van der Waals surface area contributed by atoms with Gasteiger partial charge in [0, 0.05) is 18.2 Å². The Morgan fingerprint density at radius 1 is 1.62 bits per heavy atom. The molecule has 1 aromatic rings. The van der Waals surface area contributed by atoms with Crippen LogP contribution in [0.2, 0.25) is 0 Å². The second-order valence-electron chi connectivity index (χ2n) is 3.67. The molecule has 0 amide bonds. The summed E-state index contributed by atoms with van der Waals surface area (Å²) in [5.41, 5.74) is 0.810. The zero-order chi connectivity index (χ0) is 12.1. The maximum atomic E-state index is 10.7. The Morgan fingerprint density at radius 3 is 2.75 bits per heavy atom. The van der Waals surface area contributed by atoms with E-state index >= 15 is 0 Å². The third kappa shape index (κ3) is 3.08. The highest BCUT2D eigenvalue weighted by atomic mass is 16.4. The van der Waals surface area contributed by atoms with E-state index in [-0.39, 0.29) is 18.4 Å². The number of rotatable bonds is 6. The zero-order valence-electron chi connectivity index (χ0n) is 9.49. The van der Waals surface area contributed by atoms with Crippen LogP contribution < -0.4 is 5.32 Å². The number of aliphatic hydroxyl groups excluding tert-OH is 1. The van der Waals surface area contributed by atoms with Crippen LogP contribution in [0, 0.1) is 6.92 Å². The van der Waals surface area contributed by atoms with Gasteiger partial charge < -0.3 is 19.9 Å². The van der Waals surface area contributed by atoms with Gasteiger partial charge in [-0.3, -0.25) is 0 Å². The Hall–Kier alpha value is -1.33. The highest BCUT2D eigenvalue weighted by molar-refractivity contribution is 5.84. The predicted octanol–water partition coefficient (Wildman–Crippen LogP) is 1.15. The second-order valence-corrected chi connectivity index (χ2v) is 3.67. The van der Waals surface area contributed by atoms with E-state index in [0.29, 0.717) is 12.3 Å². The third-order valence-corrected chi connectivity index (χ3v) is 2.53. The fraction of sp³-hybridized carbons (Fsp3) is 0.545. The Labute approximate surface area is 94.1 Å². The Balaban J connectivity index is 2.63. The Morgan fingerprint density at radius 2 is 2.31 bits per heavy atom. The topological polar surface area (TPSA) is 82.7 Å². The molecule has 0 spiro atoms. The summed E-state index contributed by atoms with van der Waals surface area (Å²) in [4.78, 5) is 10.7. The number of nitrogens with one attached hydrogen (secondary N) is 1. The maximum Gasteiger partial charge on any atom is 0.371 e. The Bertz CT molecular complexity index is 355. The van der Waals surface area contributed by atoms with Crippen molar-refractivity contribution in [2.75, 3.05) is 6.61 Å². The summed E-state index contributed by atoms with van der Waals surface area (Å²) in [5.74, 6) is -0.521. The van der Waals surface area contributed by atoms with Crippen molar-refractivity contribution in [3.63, 3.8) is 0 Å². The van der Waals surface area contributed by atoms with Crippen LogP contribution >= 0.6 is 0 Å². The highest BCUT2D eigenvalue weighted by Crippen LogP contribution is 2.14. The number of furan rings is 1. The molecule has 16 heavy (non-hydrogen) atoms. The molecule has 3 N–H and O–H groups in total. The second kappa shape index (κ2) is 5.67. The number of carbonyl (C=O) groups is 1. The van der Waals surface area contributed by atoms with Crippen molar-refractivity contribution < 1.29 is 19.4 Å². The normalized spacial score (nSPS) is 12.7. The maximum absolute atomic E-state index is 10.7. The van der Waals surface area contributed by atoms with Crippen LogP contribution in [0.4, 0.5) is 0 Å². The molecule has 0 aliphatic rings. The molecule has 1 rings (SSSR count). The lowest BCUT2D eigenvalue weighted by molar-refractivity contribution is 0.0661. The van der Waals surface area contributed by atoms with Crippen molar-refractivity contribution in [3.05, 3.63) is 23.2 Å². The lowest BCUT2D eigenvalue weighted by Crippen LogP contribution is -2.31. The molecule has 5 heteroatoms. The van der Waals surface area contributed by atoms with E-state index in [1.165, 1.54) is 6.07 Å². The average molecular weight is 227 g/mol. The fourth-order valence-electron chi connectivity index (χ4n) is 1.39. The minimum atomic E-state index is -1.07. The molecule has 0 saturated heterocycles. The molecule has 0 aliphatic heterocycles. The minimum Gasteiger partial charge on any atom is -0.475 e. The largest absolute Gasteiger partial charge is 0.475 e. The first-order valence-corrected chi connectivity index (χ1v) is 5.25. The summed E-state index contributed by atoms with van der Waals surface area (Å²) in [5, 5.41) is 20.9. The molecular weight excluding hydrogens is 210 g/mol. The number of aromatic carboxylic acids is 1. The molecule has 0 bridgehead atoms. The first kappa shape index (κ1) is 12.7. The van der Waals surface area contributed by atoms with Gasteiger partial charge in [0.15, 0.2) is 0 Å². The molecule has 0 aromatic carbocycles. The minimum absolute atomic E-state index is 0.0302. The molecule has 0 aliphatic carbocycles. The van der Waals surface area contributed by atoms with Gasteiger partial charge in [0.1, 0.15) is 5.76 Å². The van der Waals surface area contributed by atoms with Gasteiger partial charge in [0.25, 0.3) is 0 Å². The lowest BCUT2D eigenvalue weighted by Gasteiger charge is -2.12. The number of carboxylic acid groups (broad SMARTS) is 1. The van der Waals surface area contributed by atoms with Crippen LogP contribution in [-0.2, 0) is 6.54 Å². The van der Waals surface area contributed by atoms with Gasteiger partial charge >= 0.3 is 5.97 Å². The predicted molar refractivity (Wildman–Crippen MR) is 58.4 cm³/mol. The summed E-state index contributed by atoms with van der Waals surface area (Å²) in [7, 11) is 0. The smallest absolute Gasteiger partial charge is 0.371 e. The van der Waals surface area contributed by atoms with E-state index in [0.717, 1.165) is 12.0 Å². The lowest BCUT2D eigenvalue weighted by atomic mass is 10.2. The number of hydrogen-bond donors (Lipinski definition) is 3. The molecule has 0 saturated carbocycles. The molecule has 5 nitrogen and oxygen atoms in total. The van der Waals surface area contributed by atoms with Crippen molar-refractivity contribution in [3.8, 4) is 0 Å². The first-order chi connectivity index (χ1) is 7.58. The van der Waals surface area contributed by atoms with Crippen LogP contribution in [-0.4, -0.2) is 28.8 Å². The molecule has 0 fully saturated rings. The molecule has 1 atom stereocenters. The van der Waals surface area contributed by atoms with Gasteiger partial charge in [-0.25, -0.2) is 4.79 Å². The summed E-state index contributed by atoms with van der Waals surface area (Å²) < 4.78 is 5.07. The van der Waals surface area contributed by atoms with E-state index in [1.54, 1.807) is 6.92 Å². The van der Waals surface area contributed by atoms with Crippen molar-refractivity contribution >= 4 is 5.97 Å². The summed E-state index contributed by atoms with van der Waals surface area (Å²) in [6, 6.07) is 1.54. The van der Waals surface area contributed by atoms with Gasteiger partial charge in [-0.1, -0.05) is 6.92 Å². The van der Waals surface area contributed by atoms with E-state index < -0.39 is 5.97 Å². The van der Waals surface area contributed by atoms with Crippen LogP contribution in [0.5, 0.6) is 0 Å². The monoisotopic (exact) mass is 227 g/mol. The van der Waals surface area contributed by atoms with Gasteiger partial charge in [-0.2, -0.15) is 0 Å². The molecule has 90 valence electrons. The molecule has 1 aromatic heterocycles. The van der Waals surface area contributed by atoms with Crippen LogP contribution in [0.3, 0.4) is 0 Å². The van der Waals surface area contributed by atoms with Crippen molar-refractivity contribution in [2.45, 2.75) is 32.9 Å². The molecule has 1 unspecified atom stereocenters. The van der Waals surface area contributed by atoms with E-state index in [9.17, 15) is 4.79 Å². The van der Waals surface area contributed by atoms with Gasteiger partial charge in [0.05, 0.1) is 6.61 Å². The van der Waals surface area contributed by atoms with E-state index in [4.69, 9.17) is 14.6 Å². The summed E-state index contributed by atoms with van der Waals surface area (Å²) >= 11 is 0. The standard InChI is InChI=1S/C11H17NO4/c1-3-9(6-13)12-5-8-4-10(11(14)15)16-7(8)2/h4,9,12-13H,3,5-6H2,1-2H3,(H,14,15). The number of aryl methyl sites for hydroxylation is 1. The highest BCUT2D eigenvalue weighted by Gasteiger charge is 2.13. The Kier molecular flexibility index (Phi) is 4.52. The number of carboxylic acids is 1. The molecule has 0 radical (unpaired) electrons. The van der Waals surface area contributed by atoms with Gasteiger partial charge in [-0.15, -0.1) is 0 Å². The molecule has 1 heterocycles. The van der Waals surface area contributed by atoms with E-state index in [2.05, 4.69) is 5.32 Å². The van der Waals surface area contributed by atoms with Gasteiger partial charge in [0.2, 0.25) is 5.76 Å². The summed E-state index contributed by atoms with van der Waals surface area (Å²) in [6.45, 7) is 4.27. The van der Waals surface area contributed by atoms with Crippen molar-refractivity contribution in [2.24, 2.45) is 0 Å². The molecular formula is C11H17NO4. The summed E-state index contributed by atoms with van der Waals surface area (Å²) in [6.07, 6.45) is 0.819.